The molecule has 4 heteroatoms. The summed E-state index contributed by atoms with van der Waals surface area (Å²) >= 11 is 0. The van der Waals surface area contributed by atoms with E-state index in [-0.39, 0.29) is 0 Å². The molecule has 0 unspecified atom stereocenters. The molecule has 0 aromatic carbocycles. The van der Waals surface area contributed by atoms with Crippen molar-refractivity contribution in [3.8, 4) is 0 Å². The smallest absolute Gasteiger partial charge is 0.0798 e. The van der Waals surface area contributed by atoms with Crippen molar-refractivity contribution < 1.29 is 9.78 Å². The summed E-state index contributed by atoms with van der Waals surface area (Å²) in [5.41, 5.74) is 0. The van der Waals surface area contributed by atoms with Crippen LogP contribution in [0.25, 0.3) is 0 Å². The van der Waals surface area contributed by atoms with Gasteiger partial charge in [0.1, 0.15) is 0 Å². The highest BCUT2D eigenvalue weighted by Crippen LogP contribution is 2.09. The lowest BCUT2D eigenvalue weighted by Gasteiger charge is -2.16. The van der Waals surface area contributed by atoms with Gasteiger partial charge in [0, 0.05) is 16.1 Å². The van der Waals surface area contributed by atoms with E-state index >= 15 is 0 Å². The Labute approximate surface area is 90.9 Å². The minimum atomic E-state index is -0.950. The van der Waals surface area contributed by atoms with Crippen LogP contribution in [0.4, 0.5) is 0 Å². The first-order chi connectivity index (χ1) is 6.21. The fourth-order valence-corrected chi connectivity index (χ4v) is 2.20. The van der Waals surface area contributed by atoms with Crippen LogP contribution in [-0.2, 0) is 9.78 Å². The number of rotatable bonds is 7. The second-order valence-electron chi connectivity index (χ2n) is 6.27. The molecule has 0 saturated carbocycles. The van der Waals surface area contributed by atoms with E-state index < -0.39 is 16.1 Å². The van der Waals surface area contributed by atoms with E-state index in [1.54, 1.807) is 0 Å². The van der Waals surface area contributed by atoms with E-state index in [0.717, 1.165) is 13.2 Å². The second kappa shape index (κ2) is 6.05. The third-order valence-electron chi connectivity index (χ3n) is 1.95. The molecule has 2 nitrogen and oxygen atoms in total. The van der Waals surface area contributed by atoms with Crippen molar-refractivity contribution in [3.05, 3.63) is 0 Å². The van der Waals surface area contributed by atoms with Gasteiger partial charge in [0.25, 0.3) is 0 Å². The molecule has 0 rings (SSSR count). The molecule has 0 amide bonds. The van der Waals surface area contributed by atoms with Gasteiger partial charge in [-0.25, -0.2) is 9.78 Å². The van der Waals surface area contributed by atoms with Crippen LogP contribution < -0.4 is 0 Å². The van der Waals surface area contributed by atoms with Gasteiger partial charge in [-0.3, -0.25) is 0 Å². The average Bonchev–Trinajstić information content (AvgIpc) is 1.92. The fourth-order valence-electron chi connectivity index (χ4n) is 0.814. The number of hydrogen-bond acceptors (Lipinski definition) is 2. The van der Waals surface area contributed by atoms with Gasteiger partial charge in [-0.2, -0.15) is 0 Å². The summed E-state index contributed by atoms with van der Waals surface area (Å²) in [6, 6.07) is 2.36. The van der Waals surface area contributed by atoms with Crippen LogP contribution in [0.15, 0.2) is 0 Å². The molecule has 0 bridgehead atoms. The van der Waals surface area contributed by atoms with Crippen molar-refractivity contribution in [2.24, 2.45) is 0 Å². The van der Waals surface area contributed by atoms with Gasteiger partial charge in [0.15, 0.2) is 0 Å². The van der Waals surface area contributed by atoms with E-state index in [4.69, 9.17) is 9.78 Å². The Bertz CT molecular complexity index is 129. The summed E-state index contributed by atoms with van der Waals surface area (Å²) in [4.78, 5) is 10.3. The molecule has 0 atom stereocenters. The van der Waals surface area contributed by atoms with E-state index in [2.05, 4.69) is 39.3 Å². The maximum atomic E-state index is 5.16. The summed E-state index contributed by atoms with van der Waals surface area (Å²) in [5.74, 6) is 0. The monoisotopic (exact) mass is 234 g/mol. The third kappa shape index (κ3) is 12.4. The fraction of sp³-hybridized carbons (Fsp3) is 1.00. The predicted octanol–water partition coefficient (Wildman–Crippen LogP) is 3.61. The molecule has 0 heterocycles. The van der Waals surface area contributed by atoms with Crippen molar-refractivity contribution >= 4 is 16.1 Å². The van der Waals surface area contributed by atoms with Crippen LogP contribution in [0, 0.1) is 0 Å². The molecule has 0 radical (unpaired) electrons. The standard InChI is InChI=1S/C10H26O2Si2/c1-13(2,3)9-7-11-12-8-10-14(4,5)6/h7-10H2,1-6H3. The zero-order valence-corrected chi connectivity index (χ0v) is 12.6. The molecule has 86 valence electrons. The van der Waals surface area contributed by atoms with Crippen molar-refractivity contribution in [3.63, 3.8) is 0 Å². The molecular weight excluding hydrogens is 208 g/mol. The second-order valence-corrected chi connectivity index (χ2v) is 17.5. The lowest BCUT2D eigenvalue weighted by molar-refractivity contribution is -0.287. The SMILES string of the molecule is C[Si](C)(C)CCOOCC[Si](C)(C)C. The van der Waals surface area contributed by atoms with Crippen LogP contribution in [0.5, 0.6) is 0 Å². The Balaban J connectivity index is 3.23. The van der Waals surface area contributed by atoms with Crippen LogP contribution >= 0.6 is 0 Å². The quantitative estimate of drug-likeness (QED) is 0.290. The first-order valence-electron chi connectivity index (χ1n) is 5.45. The van der Waals surface area contributed by atoms with Gasteiger partial charge in [0.05, 0.1) is 13.2 Å². The highest BCUT2D eigenvalue weighted by atomic mass is 28.3. The summed E-state index contributed by atoms with van der Waals surface area (Å²) in [6.07, 6.45) is 0. The van der Waals surface area contributed by atoms with Gasteiger partial charge in [-0.1, -0.05) is 39.3 Å². The van der Waals surface area contributed by atoms with Crippen molar-refractivity contribution in [1.29, 1.82) is 0 Å². The summed E-state index contributed by atoms with van der Waals surface area (Å²) in [6.45, 7) is 15.6. The Kier molecular flexibility index (Phi) is 6.20. The lowest BCUT2D eigenvalue weighted by atomic mass is 10.9. The third-order valence-corrected chi connectivity index (χ3v) is 5.36. The highest BCUT2D eigenvalue weighted by Gasteiger charge is 2.14. The summed E-state index contributed by atoms with van der Waals surface area (Å²) < 4.78 is 0. The van der Waals surface area contributed by atoms with Crippen LogP contribution in [0.1, 0.15) is 0 Å². The summed E-state index contributed by atoms with van der Waals surface area (Å²) in [5, 5.41) is 0. The van der Waals surface area contributed by atoms with Gasteiger partial charge in [0.2, 0.25) is 0 Å². The van der Waals surface area contributed by atoms with Crippen molar-refractivity contribution in [1.82, 2.24) is 0 Å². The molecule has 0 aliphatic rings. The summed E-state index contributed by atoms with van der Waals surface area (Å²) in [7, 11) is -1.90. The van der Waals surface area contributed by atoms with E-state index in [1.807, 2.05) is 0 Å². The lowest BCUT2D eigenvalue weighted by Crippen LogP contribution is -2.23. The molecule has 0 spiro atoms. The molecule has 0 fully saturated rings. The average molecular weight is 234 g/mol. The minimum Gasteiger partial charge on any atom is -0.237 e. The molecule has 0 aromatic rings. The zero-order valence-electron chi connectivity index (χ0n) is 10.6. The van der Waals surface area contributed by atoms with Crippen LogP contribution in [0.3, 0.4) is 0 Å². The first kappa shape index (κ1) is 14.4. The molecule has 0 N–H and O–H groups in total. The van der Waals surface area contributed by atoms with E-state index in [0.29, 0.717) is 0 Å². The first-order valence-corrected chi connectivity index (χ1v) is 12.9. The Morgan fingerprint density at radius 1 is 0.643 bits per heavy atom. The molecule has 0 aromatic heterocycles. The molecule has 14 heavy (non-hydrogen) atoms. The van der Waals surface area contributed by atoms with Crippen molar-refractivity contribution in [2.75, 3.05) is 13.2 Å². The van der Waals surface area contributed by atoms with Gasteiger partial charge in [-0.05, 0) is 12.1 Å². The number of hydrogen-bond donors (Lipinski definition) is 0. The van der Waals surface area contributed by atoms with Crippen LogP contribution in [0.2, 0.25) is 51.4 Å². The largest absolute Gasteiger partial charge is 0.237 e. The van der Waals surface area contributed by atoms with Gasteiger partial charge < -0.3 is 0 Å². The molecule has 0 saturated heterocycles. The van der Waals surface area contributed by atoms with E-state index in [1.165, 1.54) is 12.1 Å². The zero-order chi connectivity index (χ0) is 11.2. The topological polar surface area (TPSA) is 18.5 Å². The Hall–Kier alpha value is 0.354. The predicted molar refractivity (Wildman–Crippen MR) is 68.2 cm³/mol. The minimum absolute atomic E-state index is 0.765. The Morgan fingerprint density at radius 3 is 1.14 bits per heavy atom. The van der Waals surface area contributed by atoms with Crippen molar-refractivity contribution in [2.45, 2.75) is 51.4 Å². The molecule has 0 aliphatic heterocycles. The van der Waals surface area contributed by atoms with Crippen LogP contribution in [-0.4, -0.2) is 29.4 Å². The van der Waals surface area contributed by atoms with Gasteiger partial charge >= 0.3 is 0 Å². The Morgan fingerprint density at radius 2 is 0.929 bits per heavy atom. The molecular formula is C10H26O2Si2. The van der Waals surface area contributed by atoms with Gasteiger partial charge in [-0.15, -0.1) is 0 Å². The highest BCUT2D eigenvalue weighted by molar-refractivity contribution is 6.76. The molecule has 0 aliphatic carbocycles. The maximum absolute atomic E-state index is 5.16. The normalized spacial score (nSPS) is 13.3. The van der Waals surface area contributed by atoms with E-state index in [9.17, 15) is 0 Å². The maximum Gasteiger partial charge on any atom is 0.0798 e.